The summed E-state index contributed by atoms with van der Waals surface area (Å²) in [6.45, 7) is 0.982. The van der Waals surface area contributed by atoms with E-state index in [0.717, 1.165) is 40.9 Å². The van der Waals surface area contributed by atoms with E-state index in [0.29, 0.717) is 19.0 Å². The Morgan fingerprint density at radius 1 is 0.889 bits per heavy atom. The quantitative estimate of drug-likeness (QED) is 0.485. The standard InChI is InChI=1S/C20H19N5O2/c1-2-8-19-15(5-1)10-11-16(21-19)14-27-18-7-3-6-17(13-18)26-12-4-9-20-22-24-25-23-20/h1-3,5-8,10-11,13H,4,9,12,14H2,(H,22,23,24,25). The summed E-state index contributed by atoms with van der Waals surface area (Å²) in [5.41, 5.74) is 1.86. The molecule has 0 amide bonds. The summed E-state index contributed by atoms with van der Waals surface area (Å²) in [6.07, 6.45) is 1.53. The van der Waals surface area contributed by atoms with Crippen molar-refractivity contribution in [2.75, 3.05) is 6.61 Å². The van der Waals surface area contributed by atoms with Crippen LogP contribution in [0.4, 0.5) is 0 Å². The molecular formula is C20H19N5O2. The lowest BCUT2D eigenvalue weighted by molar-refractivity contribution is 0.290. The molecule has 4 aromatic rings. The number of hydrogen-bond donors (Lipinski definition) is 1. The van der Waals surface area contributed by atoms with Crippen molar-refractivity contribution in [3.8, 4) is 11.5 Å². The number of aromatic amines is 1. The molecule has 0 bridgehead atoms. The summed E-state index contributed by atoms with van der Waals surface area (Å²) in [5.74, 6) is 2.21. The van der Waals surface area contributed by atoms with Gasteiger partial charge in [0.15, 0.2) is 5.82 Å². The number of benzene rings is 2. The molecule has 27 heavy (non-hydrogen) atoms. The molecule has 0 aliphatic heterocycles. The highest BCUT2D eigenvalue weighted by Gasteiger charge is 2.03. The van der Waals surface area contributed by atoms with E-state index in [1.54, 1.807) is 0 Å². The number of ether oxygens (including phenoxy) is 2. The maximum absolute atomic E-state index is 5.87. The third-order valence-corrected chi connectivity index (χ3v) is 4.05. The van der Waals surface area contributed by atoms with Gasteiger partial charge in [-0.2, -0.15) is 5.21 Å². The lowest BCUT2D eigenvalue weighted by atomic mass is 10.2. The number of H-pyrrole nitrogens is 1. The molecule has 0 aliphatic rings. The first kappa shape index (κ1) is 17.0. The van der Waals surface area contributed by atoms with Gasteiger partial charge in [0, 0.05) is 17.9 Å². The zero-order valence-electron chi connectivity index (χ0n) is 14.7. The first-order valence-electron chi connectivity index (χ1n) is 8.79. The molecule has 7 nitrogen and oxygen atoms in total. The molecule has 0 fully saturated rings. The van der Waals surface area contributed by atoms with E-state index in [2.05, 4.69) is 31.7 Å². The summed E-state index contributed by atoms with van der Waals surface area (Å²) in [4.78, 5) is 4.62. The number of hydrogen-bond acceptors (Lipinski definition) is 6. The van der Waals surface area contributed by atoms with Crippen molar-refractivity contribution in [3.05, 3.63) is 72.2 Å². The van der Waals surface area contributed by atoms with Gasteiger partial charge in [-0.3, -0.25) is 0 Å². The molecule has 0 saturated carbocycles. The van der Waals surface area contributed by atoms with E-state index >= 15 is 0 Å². The van der Waals surface area contributed by atoms with Gasteiger partial charge in [-0.1, -0.05) is 35.5 Å². The maximum atomic E-state index is 5.87. The third kappa shape index (κ3) is 4.58. The van der Waals surface area contributed by atoms with E-state index in [9.17, 15) is 0 Å². The van der Waals surface area contributed by atoms with Crippen molar-refractivity contribution in [1.82, 2.24) is 25.6 Å². The second kappa shape index (κ2) is 8.27. The molecule has 0 atom stereocenters. The Labute approximate surface area is 156 Å². The van der Waals surface area contributed by atoms with E-state index in [1.165, 1.54) is 0 Å². The number of aromatic nitrogens is 5. The van der Waals surface area contributed by atoms with Crippen LogP contribution in [0.25, 0.3) is 10.9 Å². The lowest BCUT2D eigenvalue weighted by Gasteiger charge is -2.09. The minimum Gasteiger partial charge on any atom is -0.493 e. The Bertz CT molecular complexity index is 1000. The number of tetrazole rings is 1. The number of pyridine rings is 1. The first-order valence-corrected chi connectivity index (χ1v) is 8.79. The van der Waals surface area contributed by atoms with E-state index in [4.69, 9.17) is 9.47 Å². The lowest BCUT2D eigenvalue weighted by Crippen LogP contribution is -2.01. The zero-order valence-corrected chi connectivity index (χ0v) is 14.7. The molecule has 0 unspecified atom stereocenters. The fraction of sp³-hybridized carbons (Fsp3) is 0.200. The van der Waals surface area contributed by atoms with Crippen LogP contribution in [0.5, 0.6) is 11.5 Å². The van der Waals surface area contributed by atoms with Crippen LogP contribution in [0.1, 0.15) is 17.9 Å². The molecule has 136 valence electrons. The van der Waals surface area contributed by atoms with Gasteiger partial charge in [-0.25, -0.2) is 4.98 Å². The number of para-hydroxylation sites is 1. The molecule has 2 aromatic carbocycles. The highest BCUT2D eigenvalue weighted by atomic mass is 16.5. The monoisotopic (exact) mass is 361 g/mol. The van der Waals surface area contributed by atoms with Crippen molar-refractivity contribution >= 4 is 10.9 Å². The van der Waals surface area contributed by atoms with Gasteiger partial charge in [0.1, 0.15) is 18.1 Å². The summed E-state index contributed by atoms with van der Waals surface area (Å²) in [5, 5.41) is 14.9. The second-order valence-corrected chi connectivity index (χ2v) is 6.04. The minimum absolute atomic E-state index is 0.409. The molecule has 0 radical (unpaired) electrons. The van der Waals surface area contributed by atoms with Gasteiger partial charge < -0.3 is 9.47 Å². The van der Waals surface area contributed by atoms with Gasteiger partial charge in [0.05, 0.1) is 17.8 Å². The van der Waals surface area contributed by atoms with Crippen molar-refractivity contribution in [1.29, 1.82) is 0 Å². The number of rotatable bonds is 8. The fourth-order valence-corrected chi connectivity index (χ4v) is 2.71. The summed E-state index contributed by atoms with van der Waals surface area (Å²) >= 11 is 0. The highest BCUT2D eigenvalue weighted by Crippen LogP contribution is 2.21. The van der Waals surface area contributed by atoms with Crippen LogP contribution >= 0.6 is 0 Å². The van der Waals surface area contributed by atoms with Gasteiger partial charge in [0.25, 0.3) is 0 Å². The molecule has 2 heterocycles. The van der Waals surface area contributed by atoms with Crippen LogP contribution in [0, 0.1) is 0 Å². The number of aryl methyl sites for hydroxylation is 1. The second-order valence-electron chi connectivity index (χ2n) is 6.04. The highest BCUT2D eigenvalue weighted by molar-refractivity contribution is 5.78. The molecule has 0 spiro atoms. The van der Waals surface area contributed by atoms with Crippen LogP contribution in [0.3, 0.4) is 0 Å². The smallest absolute Gasteiger partial charge is 0.174 e. The largest absolute Gasteiger partial charge is 0.493 e. The van der Waals surface area contributed by atoms with Crippen LogP contribution in [-0.4, -0.2) is 32.2 Å². The van der Waals surface area contributed by atoms with Crippen LogP contribution in [0.15, 0.2) is 60.7 Å². The van der Waals surface area contributed by atoms with E-state index in [-0.39, 0.29) is 0 Å². The van der Waals surface area contributed by atoms with E-state index in [1.807, 2.05) is 54.6 Å². The van der Waals surface area contributed by atoms with Crippen molar-refractivity contribution in [2.24, 2.45) is 0 Å². The van der Waals surface area contributed by atoms with Crippen LogP contribution < -0.4 is 9.47 Å². The van der Waals surface area contributed by atoms with Gasteiger partial charge >= 0.3 is 0 Å². The average molecular weight is 361 g/mol. The average Bonchev–Trinajstić information content (AvgIpc) is 3.23. The molecule has 0 aliphatic carbocycles. The van der Waals surface area contributed by atoms with Crippen molar-refractivity contribution in [3.63, 3.8) is 0 Å². The predicted octanol–water partition coefficient (Wildman–Crippen LogP) is 3.34. The van der Waals surface area contributed by atoms with Crippen LogP contribution in [-0.2, 0) is 13.0 Å². The maximum Gasteiger partial charge on any atom is 0.174 e. The Balaban J connectivity index is 1.30. The Morgan fingerprint density at radius 2 is 1.78 bits per heavy atom. The Morgan fingerprint density at radius 3 is 2.67 bits per heavy atom. The van der Waals surface area contributed by atoms with Crippen molar-refractivity contribution < 1.29 is 9.47 Å². The summed E-state index contributed by atoms with van der Waals surface area (Å²) < 4.78 is 11.6. The fourth-order valence-electron chi connectivity index (χ4n) is 2.71. The topological polar surface area (TPSA) is 85.8 Å². The number of nitrogens with one attached hydrogen (secondary N) is 1. The molecular weight excluding hydrogens is 342 g/mol. The number of fused-ring (bicyclic) bond motifs is 1. The Kier molecular flexibility index (Phi) is 5.19. The van der Waals surface area contributed by atoms with Crippen molar-refractivity contribution in [2.45, 2.75) is 19.4 Å². The number of nitrogens with zero attached hydrogens (tertiary/aromatic N) is 4. The van der Waals surface area contributed by atoms with Gasteiger partial charge in [-0.05, 0) is 30.7 Å². The summed E-state index contributed by atoms with van der Waals surface area (Å²) in [7, 11) is 0. The van der Waals surface area contributed by atoms with Gasteiger partial charge in [0.2, 0.25) is 0 Å². The SMILES string of the molecule is c1cc(OCCCc2nn[nH]n2)cc(OCc2ccc3ccccc3n2)c1. The molecule has 1 N–H and O–H groups in total. The predicted molar refractivity (Wildman–Crippen MR) is 101 cm³/mol. The zero-order chi connectivity index (χ0) is 18.3. The normalized spacial score (nSPS) is 10.8. The molecule has 4 rings (SSSR count). The molecule has 2 aromatic heterocycles. The molecule has 0 saturated heterocycles. The van der Waals surface area contributed by atoms with E-state index < -0.39 is 0 Å². The molecule has 7 heteroatoms. The third-order valence-electron chi connectivity index (χ3n) is 4.05. The summed E-state index contributed by atoms with van der Waals surface area (Å²) in [6, 6.07) is 19.7. The minimum atomic E-state index is 0.409. The van der Waals surface area contributed by atoms with Gasteiger partial charge in [-0.15, -0.1) is 10.2 Å². The van der Waals surface area contributed by atoms with Crippen LogP contribution in [0.2, 0.25) is 0 Å². The Hall–Kier alpha value is -3.48. The first-order chi connectivity index (χ1) is 13.4.